The van der Waals surface area contributed by atoms with Crippen molar-refractivity contribution in [2.24, 2.45) is 5.92 Å². The lowest BCUT2D eigenvalue weighted by atomic mass is 10.0. The first-order valence-electron chi connectivity index (χ1n) is 12.8. The summed E-state index contributed by atoms with van der Waals surface area (Å²) in [4.78, 5) is 12.8. The molecule has 0 spiro atoms. The monoisotopic (exact) mass is 498 g/mol. The maximum Gasteiger partial charge on any atom is 0.262 e. The van der Waals surface area contributed by atoms with Crippen LogP contribution in [-0.4, -0.2) is 41.6 Å². The van der Waals surface area contributed by atoms with E-state index in [1.165, 1.54) is 0 Å². The summed E-state index contributed by atoms with van der Waals surface area (Å²) in [7, 11) is 0. The average molecular weight is 499 g/mol. The smallest absolute Gasteiger partial charge is 0.262 e. The second-order valence-electron chi connectivity index (χ2n) is 9.74. The van der Waals surface area contributed by atoms with Gasteiger partial charge in [0.15, 0.2) is 0 Å². The summed E-state index contributed by atoms with van der Waals surface area (Å²) in [6.07, 6.45) is 6.35. The highest BCUT2D eigenvalue weighted by atomic mass is 16.5. The van der Waals surface area contributed by atoms with Crippen molar-refractivity contribution in [3.8, 4) is 28.8 Å². The second-order valence-corrected chi connectivity index (χ2v) is 9.74. The van der Waals surface area contributed by atoms with Gasteiger partial charge in [-0.25, -0.2) is 4.68 Å². The number of rotatable bonds is 10. The molecule has 1 amide bonds. The Kier molecular flexibility index (Phi) is 8.76. The van der Waals surface area contributed by atoms with Gasteiger partial charge in [0.25, 0.3) is 5.91 Å². The van der Waals surface area contributed by atoms with Gasteiger partial charge in [-0.15, -0.1) is 0 Å². The summed E-state index contributed by atoms with van der Waals surface area (Å²) in [6, 6.07) is 17.8. The average Bonchev–Trinajstić information content (AvgIpc) is 3.57. The van der Waals surface area contributed by atoms with Gasteiger partial charge in [-0.2, -0.15) is 10.4 Å². The van der Waals surface area contributed by atoms with Crippen molar-refractivity contribution in [1.29, 1.82) is 5.26 Å². The number of nitrogens with one attached hydrogen (secondary N) is 1. The van der Waals surface area contributed by atoms with Crippen LogP contribution in [0, 0.1) is 24.2 Å². The summed E-state index contributed by atoms with van der Waals surface area (Å²) in [5, 5.41) is 17.5. The first-order chi connectivity index (χ1) is 17.9. The van der Waals surface area contributed by atoms with Crippen LogP contribution in [0.15, 0.2) is 60.3 Å². The van der Waals surface area contributed by atoms with Gasteiger partial charge in [0.1, 0.15) is 23.1 Å². The molecule has 0 radical (unpaired) electrons. The number of para-hydroxylation sites is 1. The van der Waals surface area contributed by atoms with E-state index in [0.29, 0.717) is 36.9 Å². The fraction of sp³-hybridized carbons (Fsp3) is 0.367. The van der Waals surface area contributed by atoms with Crippen molar-refractivity contribution in [2.75, 3.05) is 19.8 Å². The molecular weight excluding hydrogens is 464 g/mol. The molecule has 0 aliphatic carbocycles. The predicted octanol–water partition coefficient (Wildman–Crippen LogP) is 5.47. The molecule has 7 heteroatoms. The zero-order chi connectivity index (χ0) is 26.2. The van der Waals surface area contributed by atoms with E-state index in [4.69, 9.17) is 14.6 Å². The minimum Gasteiger partial charge on any atom is -0.493 e. The molecule has 2 aromatic carbocycles. The molecule has 3 aromatic rings. The Morgan fingerprint density at radius 3 is 2.78 bits per heavy atom. The maximum absolute atomic E-state index is 12.8. The largest absolute Gasteiger partial charge is 0.493 e. The number of ether oxygens (including phenoxy) is 2. The molecule has 1 N–H and O–H groups in total. The third-order valence-corrected chi connectivity index (χ3v) is 6.34. The Labute approximate surface area is 218 Å². The minimum absolute atomic E-state index is 0.00420. The fourth-order valence-corrected chi connectivity index (χ4v) is 4.20. The third-order valence-electron chi connectivity index (χ3n) is 6.34. The van der Waals surface area contributed by atoms with Gasteiger partial charge >= 0.3 is 0 Å². The molecule has 0 saturated carbocycles. The first-order valence-corrected chi connectivity index (χ1v) is 12.8. The Hall–Kier alpha value is -3.89. The lowest BCUT2D eigenvalue weighted by Crippen LogP contribution is -2.32. The van der Waals surface area contributed by atoms with Crippen LogP contribution in [-0.2, 0) is 9.53 Å². The Morgan fingerprint density at radius 2 is 2.11 bits per heavy atom. The number of carbonyl (C=O) groups is 1. The van der Waals surface area contributed by atoms with E-state index >= 15 is 0 Å². The van der Waals surface area contributed by atoms with Crippen LogP contribution in [0.25, 0.3) is 23.0 Å². The number of hydrogen-bond acceptors (Lipinski definition) is 5. The molecule has 4 rings (SSSR count). The van der Waals surface area contributed by atoms with Crippen molar-refractivity contribution in [2.45, 2.75) is 46.1 Å². The molecular formula is C30H34N4O3. The van der Waals surface area contributed by atoms with Crippen molar-refractivity contribution in [1.82, 2.24) is 15.1 Å². The minimum atomic E-state index is -0.415. The SMILES string of the molecule is Cc1cc(-c2nn(-c3ccccc3)cc2/C=C(\C#N)C(=O)NC[C@H]2CCCO2)ccc1OCCC(C)C. The number of carbonyl (C=O) groups excluding carboxylic acids is 1. The number of aryl methyl sites for hydroxylation is 1. The molecule has 0 unspecified atom stereocenters. The molecule has 1 atom stereocenters. The number of aromatic nitrogens is 2. The van der Waals surface area contributed by atoms with Crippen LogP contribution in [0.5, 0.6) is 5.75 Å². The highest BCUT2D eigenvalue weighted by molar-refractivity contribution is 6.02. The summed E-state index contributed by atoms with van der Waals surface area (Å²) in [5.74, 6) is 1.00. The fourth-order valence-electron chi connectivity index (χ4n) is 4.20. The van der Waals surface area contributed by atoms with E-state index in [1.807, 2.05) is 61.7 Å². The maximum atomic E-state index is 12.8. The van der Waals surface area contributed by atoms with E-state index in [2.05, 4.69) is 25.2 Å². The van der Waals surface area contributed by atoms with Crippen LogP contribution in [0.2, 0.25) is 0 Å². The summed E-state index contributed by atoms with van der Waals surface area (Å²) < 4.78 is 13.3. The molecule has 0 bridgehead atoms. The Bertz CT molecular complexity index is 1280. The van der Waals surface area contributed by atoms with Gasteiger partial charge < -0.3 is 14.8 Å². The van der Waals surface area contributed by atoms with E-state index < -0.39 is 5.91 Å². The number of hydrogen-bond donors (Lipinski definition) is 1. The summed E-state index contributed by atoms with van der Waals surface area (Å²) in [6.45, 7) is 8.14. The summed E-state index contributed by atoms with van der Waals surface area (Å²) >= 11 is 0. The zero-order valence-corrected chi connectivity index (χ0v) is 21.7. The first kappa shape index (κ1) is 26.2. The molecule has 1 aromatic heterocycles. The van der Waals surface area contributed by atoms with E-state index in [0.717, 1.165) is 41.8 Å². The number of benzene rings is 2. The molecule has 37 heavy (non-hydrogen) atoms. The van der Waals surface area contributed by atoms with E-state index in [1.54, 1.807) is 10.8 Å². The number of nitrogens with zero attached hydrogens (tertiary/aromatic N) is 3. The van der Waals surface area contributed by atoms with Gasteiger partial charge in [-0.3, -0.25) is 4.79 Å². The molecule has 1 saturated heterocycles. The van der Waals surface area contributed by atoms with Crippen LogP contribution in [0.1, 0.15) is 44.2 Å². The third kappa shape index (κ3) is 6.87. The quantitative estimate of drug-likeness (QED) is 0.296. The van der Waals surface area contributed by atoms with Crippen LogP contribution in [0.3, 0.4) is 0 Å². The molecule has 7 nitrogen and oxygen atoms in total. The zero-order valence-electron chi connectivity index (χ0n) is 21.7. The molecule has 1 fully saturated rings. The van der Waals surface area contributed by atoms with Gasteiger partial charge in [-0.05, 0) is 74.1 Å². The Morgan fingerprint density at radius 1 is 1.30 bits per heavy atom. The van der Waals surface area contributed by atoms with Crippen molar-refractivity contribution in [3.63, 3.8) is 0 Å². The van der Waals surface area contributed by atoms with Crippen LogP contribution >= 0.6 is 0 Å². The van der Waals surface area contributed by atoms with Crippen molar-refractivity contribution < 1.29 is 14.3 Å². The van der Waals surface area contributed by atoms with E-state index in [9.17, 15) is 10.1 Å². The topological polar surface area (TPSA) is 89.2 Å². The van der Waals surface area contributed by atoms with Crippen molar-refractivity contribution in [3.05, 3.63) is 71.4 Å². The van der Waals surface area contributed by atoms with Gasteiger partial charge in [-0.1, -0.05) is 32.0 Å². The second kappa shape index (κ2) is 12.4. The van der Waals surface area contributed by atoms with Crippen LogP contribution < -0.4 is 10.1 Å². The van der Waals surface area contributed by atoms with Gasteiger partial charge in [0, 0.05) is 30.5 Å². The summed E-state index contributed by atoms with van der Waals surface area (Å²) in [5.41, 5.74) is 4.15. The highest BCUT2D eigenvalue weighted by Crippen LogP contribution is 2.30. The normalized spacial score (nSPS) is 15.5. The number of amides is 1. The molecule has 1 aliphatic rings. The Balaban J connectivity index is 1.64. The molecule has 192 valence electrons. The molecule has 1 aliphatic heterocycles. The standard InChI is InChI=1S/C30H34N4O3/c1-21(2)13-15-37-28-12-11-23(16-22(28)3)29-25(20-34(33-29)26-8-5-4-6-9-26)17-24(18-31)30(35)32-19-27-10-7-14-36-27/h4-6,8-9,11-12,16-17,20-21,27H,7,10,13-15,19H2,1-3H3,(H,32,35)/b24-17+/t27-/m1/s1. The lowest BCUT2D eigenvalue weighted by molar-refractivity contribution is -0.117. The van der Waals surface area contributed by atoms with Crippen molar-refractivity contribution >= 4 is 12.0 Å². The lowest BCUT2D eigenvalue weighted by Gasteiger charge is -2.12. The highest BCUT2D eigenvalue weighted by Gasteiger charge is 2.19. The van der Waals surface area contributed by atoms with Gasteiger partial charge in [0.2, 0.25) is 0 Å². The number of nitriles is 1. The predicted molar refractivity (Wildman–Crippen MR) is 144 cm³/mol. The molecule has 2 heterocycles. The van der Waals surface area contributed by atoms with Gasteiger partial charge in [0.05, 0.1) is 18.4 Å². The van der Waals surface area contributed by atoms with E-state index in [-0.39, 0.29) is 11.7 Å². The van der Waals surface area contributed by atoms with Crippen LogP contribution in [0.4, 0.5) is 0 Å².